The van der Waals surface area contributed by atoms with Gasteiger partial charge in [-0.3, -0.25) is 4.79 Å². The zero-order chi connectivity index (χ0) is 15.9. The van der Waals surface area contributed by atoms with Gasteiger partial charge in [0.1, 0.15) is 5.01 Å². The summed E-state index contributed by atoms with van der Waals surface area (Å²) < 4.78 is 5.73. The van der Waals surface area contributed by atoms with Crippen molar-refractivity contribution in [1.29, 1.82) is 0 Å². The Bertz CT molecular complexity index is 688. The number of phenolic OH excluding ortho intramolecular Hbond substituents is 1. The van der Waals surface area contributed by atoms with Crippen molar-refractivity contribution in [2.45, 2.75) is 11.3 Å². The normalized spacial score (nSPS) is 10.8. The number of para-hydroxylation sites is 1. The summed E-state index contributed by atoms with van der Waals surface area (Å²) in [6.07, 6.45) is 1.36. The topological polar surface area (TPSA) is 96.7 Å². The molecule has 9 heteroatoms. The van der Waals surface area contributed by atoms with E-state index in [1.165, 1.54) is 36.4 Å². The Morgan fingerprint density at radius 2 is 2.36 bits per heavy atom. The summed E-state index contributed by atoms with van der Waals surface area (Å²) in [7, 11) is 1.46. The van der Waals surface area contributed by atoms with Crippen molar-refractivity contribution in [3.63, 3.8) is 0 Å². The molecule has 0 fully saturated rings. The Morgan fingerprint density at radius 3 is 3.05 bits per heavy atom. The first-order chi connectivity index (χ1) is 10.6. The van der Waals surface area contributed by atoms with Crippen molar-refractivity contribution in [1.82, 2.24) is 15.6 Å². The summed E-state index contributed by atoms with van der Waals surface area (Å²) in [6.45, 7) is 1.85. The zero-order valence-electron chi connectivity index (χ0n) is 11.9. The van der Waals surface area contributed by atoms with Crippen molar-refractivity contribution in [2.24, 2.45) is 5.10 Å². The van der Waals surface area contributed by atoms with E-state index in [2.05, 4.69) is 20.7 Å². The Balaban J connectivity index is 1.85. The number of aromatic nitrogens is 2. The highest BCUT2D eigenvalue weighted by Crippen LogP contribution is 2.27. The Kier molecular flexibility index (Phi) is 5.73. The number of amides is 1. The molecule has 0 atom stereocenters. The molecule has 1 aromatic carbocycles. The standard InChI is InChI=1S/C13H14N4O3S2/c1-8-15-17-13(22-8)21-7-11(18)16-14-6-9-4-3-5-10(20-2)12(9)19/h3-6,19H,7H2,1-2H3,(H,16,18)/b14-6-. The minimum absolute atomic E-state index is 0.0262. The number of ether oxygens (including phenoxy) is 1. The minimum Gasteiger partial charge on any atom is -0.504 e. The number of rotatable bonds is 6. The monoisotopic (exact) mass is 338 g/mol. The molecule has 0 radical (unpaired) electrons. The van der Waals surface area contributed by atoms with Gasteiger partial charge >= 0.3 is 0 Å². The van der Waals surface area contributed by atoms with Crippen molar-refractivity contribution < 1.29 is 14.6 Å². The second kappa shape index (κ2) is 7.76. The van der Waals surface area contributed by atoms with Crippen LogP contribution in [0.1, 0.15) is 10.6 Å². The van der Waals surface area contributed by atoms with Crippen LogP contribution in [-0.4, -0.2) is 40.3 Å². The van der Waals surface area contributed by atoms with Gasteiger partial charge in [0, 0.05) is 5.56 Å². The van der Waals surface area contributed by atoms with Crippen LogP contribution in [0, 0.1) is 6.92 Å². The largest absolute Gasteiger partial charge is 0.504 e. The van der Waals surface area contributed by atoms with Crippen molar-refractivity contribution in [3.8, 4) is 11.5 Å². The molecule has 1 heterocycles. The molecule has 7 nitrogen and oxygen atoms in total. The number of carbonyl (C=O) groups excluding carboxylic acids is 1. The summed E-state index contributed by atoms with van der Waals surface area (Å²) in [5.74, 6) is 0.242. The molecule has 1 aromatic heterocycles. The number of hydrazone groups is 1. The number of hydrogen-bond acceptors (Lipinski definition) is 8. The predicted octanol–water partition coefficient (Wildman–Crippen LogP) is 1.80. The van der Waals surface area contributed by atoms with E-state index < -0.39 is 0 Å². The SMILES string of the molecule is COc1cccc(/C=N\NC(=O)CSc2nnc(C)s2)c1O. The van der Waals surface area contributed by atoms with Gasteiger partial charge in [-0.1, -0.05) is 29.2 Å². The molecule has 22 heavy (non-hydrogen) atoms. The molecule has 2 N–H and O–H groups in total. The van der Waals surface area contributed by atoms with E-state index in [1.54, 1.807) is 18.2 Å². The quantitative estimate of drug-likeness (QED) is 0.474. The smallest absolute Gasteiger partial charge is 0.250 e. The third-order valence-corrected chi connectivity index (χ3v) is 4.45. The predicted molar refractivity (Wildman–Crippen MR) is 85.8 cm³/mol. The molecular formula is C13H14N4O3S2. The van der Waals surface area contributed by atoms with Crippen LogP contribution in [0.5, 0.6) is 11.5 Å². The highest BCUT2D eigenvalue weighted by molar-refractivity contribution is 8.01. The van der Waals surface area contributed by atoms with Gasteiger partial charge < -0.3 is 9.84 Å². The van der Waals surface area contributed by atoms with Crippen LogP contribution in [-0.2, 0) is 4.79 Å². The highest BCUT2D eigenvalue weighted by atomic mass is 32.2. The van der Waals surface area contributed by atoms with Gasteiger partial charge in [0.15, 0.2) is 15.8 Å². The molecule has 2 rings (SSSR count). The lowest BCUT2D eigenvalue weighted by atomic mass is 10.2. The molecule has 0 saturated heterocycles. The van der Waals surface area contributed by atoms with E-state index in [4.69, 9.17) is 4.74 Å². The van der Waals surface area contributed by atoms with Crippen LogP contribution in [0.4, 0.5) is 0 Å². The van der Waals surface area contributed by atoms with E-state index >= 15 is 0 Å². The van der Waals surface area contributed by atoms with E-state index in [1.807, 2.05) is 6.92 Å². The van der Waals surface area contributed by atoms with Crippen molar-refractivity contribution in [2.75, 3.05) is 12.9 Å². The second-order valence-electron chi connectivity index (χ2n) is 4.07. The molecule has 0 spiro atoms. The fourth-order valence-corrected chi connectivity index (χ4v) is 3.09. The number of nitrogens with zero attached hydrogens (tertiary/aromatic N) is 3. The highest BCUT2D eigenvalue weighted by Gasteiger charge is 2.07. The summed E-state index contributed by atoms with van der Waals surface area (Å²) in [6, 6.07) is 5.01. The van der Waals surface area contributed by atoms with Gasteiger partial charge in [0.25, 0.3) is 5.91 Å². The van der Waals surface area contributed by atoms with Crippen LogP contribution < -0.4 is 10.2 Å². The van der Waals surface area contributed by atoms with Gasteiger partial charge in [-0.15, -0.1) is 10.2 Å². The molecule has 2 aromatic rings. The lowest BCUT2D eigenvalue weighted by molar-refractivity contribution is -0.118. The number of aromatic hydroxyl groups is 1. The van der Waals surface area contributed by atoms with Gasteiger partial charge in [-0.2, -0.15) is 5.10 Å². The molecule has 0 aliphatic carbocycles. The number of hydrogen-bond donors (Lipinski definition) is 2. The van der Waals surface area contributed by atoms with Crippen LogP contribution in [0.3, 0.4) is 0 Å². The Hall–Kier alpha value is -2.13. The molecule has 0 aliphatic heterocycles. The third-order valence-electron chi connectivity index (χ3n) is 2.48. The first-order valence-electron chi connectivity index (χ1n) is 6.21. The average Bonchev–Trinajstić information content (AvgIpc) is 2.92. The molecule has 116 valence electrons. The number of thioether (sulfide) groups is 1. The van der Waals surface area contributed by atoms with Crippen LogP contribution >= 0.6 is 23.1 Å². The number of phenols is 1. The summed E-state index contributed by atoms with van der Waals surface area (Å²) in [5.41, 5.74) is 2.84. The summed E-state index contributed by atoms with van der Waals surface area (Å²) >= 11 is 2.73. The van der Waals surface area contributed by atoms with Crippen LogP contribution in [0.2, 0.25) is 0 Å². The van der Waals surface area contributed by atoms with Crippen LogP contribution in [0.25, 0.3) is 0 Å². The van der Waals surface area contributed by atoms with E-state index in [0.29, 0.717) is 11.3 Å². The molecule has 0 bridgehead atoms. The van der Waals surface area contributed by atoms with Gasteiger partial charge in [0.2, 0.25) is 0 Å². The fraction of sp³-hybridized carbons (Fsp3) is 0.231. The molecular weight excluding hydrogens is 324 g/mol. The third kappa shape index (κ3) is 4.43. The number of aryl methyl sites for hydroxylation is 1. The molecule has 0 saturated carbocycles. The Morgan fingerprint density at radius 1 is 1.55 bits per heavy atom. The minimum atomic E-state index is -0.267. The summed E-state index contributed by atoms with van der Waals surface area (Å²) in [4.78, 5) is 11.6. The summed E-state index contributed by atoms with van der Waals surface area (Å²) in [5, 5.41) is 22.3. The lowest BCUT2D eigenvalue weighted by Gasteiger charge is -2.04. The lowest BCUT2D eigenvalue weighted by Crippen LogP contribution is -2.19. The maximum atomic E-state index is 11.6. The van der Waals surface area contributed by atoms with Crippen LogP contribution in [0.15, 0.2) is 27.6 Å². The van der Waals surface area contributed by atoms with E-state index in [9.17, 15) is 9.90 Å². The van der Waals surface area contributed by atoms with Gasteiger partial charge in [-0.25, -0.2) is 5.43 Å². The molecule has 1 amide bonds. The van der Waals surface area contributed by atoms with Crippen molar-refractivity contribution in [3.05, 3.63) is 28.8 Å². The molecule has 0 aliphatic rings. The number of carbonyl (C=O) groups is 1. The molecule has 0 unspecified atom stereocenters. The van der Waals surface area contributed by atoms with Gasteiger partial charge in [0.05, 0.1) is 19.1 Å². The Labute approximate surface area is 135 Å². The van der Waals surface area contributed by atoms with Crippen molar-refractivity contribution >= 4 is 35.2 Å². The second-order valence-corrected chi connectivity index (χ2v) is 6.47. The van der Waals surface area contributed by atoms with E-state index in [-0.39, 0.29) is 17.4 Å². The number of benzene rings is 1. The maximum Gasteiger partial charge on any atom is 0.250 e. The van der Waals surface area contributed by atoms with Gasteiger partial charge in [-0.05, 0) is 19.1 Å². The zero-order valence-corrected chi connectivity index (χ0v) is 13.6. The first kappa shape index (κ1) is 16.2. The fourth-order valence-electron chi connectivity index (χ4n) is 1.48. The maximum absolute atomic E-state index is 11.6. The average molecular weight is 338 g/mol. The number of methoxy groups -OCH3 is 1. The first-order valence-corrected chi connectivity index (χ1v) is 8.01. The van der Waals surface area contributed by atoms with E-state index in [0.717, 1.165) is 9.35 Å². The number of nitrogens with one attached hydrogen (secondary N) is 1.